The summed E-state index contributed by atoms with van der Waals surface area (Å²) < 4.78 is 3.55. The number of rotatable bonds is 1. The molecule has 3 aliphatic rings. The maximum Gasteiger partial charge on any atom is 0.172 e. The number of hydrogen-bond donors (Lipinski definition) is 1. The van der Waals surface area contributed by atoms with Gasteiger partial charge in [-0.25, -0.2) is 25.0 Å². The maximum atomic E-state index is 12.2. The monoisotopic (exact) mass is 356 g/mol. The van der Waals surface area contributed by atoms with Crippen LogP contribution in [0.15, 0.2) is 73.5 Å². The van der Waals surface area contributed by atoms with Gasteiger partial charge in [0.1, 0.15) is 33.6 Å². The van der Waals surface area contributed by atoms with Crippen LogP contribution in [0.1, 0.15) is 6.17 Å². The van der Waals surface area contributed by atoms with E-state index in [2.05, 4.69) is 29.9 Å². The minimum Gasteiger partial charge on any atom is -0.325 e. The highest BCUT2D eigenvalue weighted by molar-refractivity contribution is 5.95. The van der Waals surface area contributed by atoms with Gasteiger partial charge in [-0.15, -0.1) is 0 Å². The third-order valence-corrected chi connectivity index (χ3v) is 4.70. The van der Waals surface area contributed by atoms with Crippen molar-refractivity contribution in [3.8, 4) is 0 Å². The van der Waals surface area contributed by atoms with Gasteiger partial charge in [-0.3, -0.25) is 13.9 Å². The maximum absolute atomic E-state index is 12.2. The summed E-state index contributed by atoms with van der Waals surface area (Å²) in [5, 5.41) is 0. The van der Waals surface area contributed by atoms with Crippen LogP contribution in [0.25, 0.3) is 0 Å². The van der Waals surface area contributed by atoms with Crippen molar-refractivity contribution in [3.05, 3.63) is 70.5 Å². The SMILES string of the molecule is O=CC1n2c3ccc2=Nc2ccc([nH]2)N=c2ccc(n21)=NC1C=CC(=N1)N=3. The number of nitrogens with one attached hydrogen (secondary N) is 1. The minimum atomic E-state index is -0.721. The van der Waals surface area contributed by atoms with E-state index >= 15 is 0 Å². The third-order valence-electron chi connectivity index (χ3n) is 4.70. The van der Waals surface area contributed by atoms with E-state index in [9.17, 15) is 4.79 Å². The molecule has 0 saturated carbocycles. The zero-order valence-corrected chi connectivity index (χ0v) is 13.9. The first kappa shape index (κ1) is 14.3. The normalized spacial score (nSPS) is 21.3. The van der Waals surface area contributed by atoms with Gasteiger partial charge in [0.15, 0.2) is 24.5 Å². The predicted octanol–water partition coefficient (Wildman–Crippen LogP) is -0.373. The number of aliphatic imine (C=N–C) groups is 1. The second kappa shape index (κ2) is 5.07. The predicted molar refractivity (Wildman–Crippen MR) is 94.5 cm³/mol. The highest BCUT2D eigenvalue weighted by atomic mass is 16.1. The van der Waals surface area contributed by atoms with Crippen molar-refractivity contribution in [2.75, 3.05) is 0 Å². The number of nitrogens with zero attached hydrogens (tertiary/aromatic N) is 7. The lowest BCUT2D eigenvalue weighted by atomic mass is 10.5. The van der Waals surface area contributed by atoms with Crippen molar-refractivity contribution in [1.29, 1.82) is 0 Å². The number of fused-ring (bicyclic) bond motifs is 3. The number of amidine groups is 1. The van der Waals surface area contributed by atoms with Crippen LogP contribution < -0.4 is 22.0 Å². The molecule has 3 aromatic heterocycles. The highest BCUT2D eigenvalue weighted by Crippen LogP contribution is 2.17. The van der Waals surface area contributed by atoms with E-state index in [4.69, 9.17) is 0 Å². The average Bonchev–Trinajstić information content (AvgIpc) is 3.43. The van der Waals surface area contributed by atoms with Crippen molar-refractivity contribution in [2.45, 2.75) is 12.3 Å². The summed E-state index contributed by atoms with van der Waals surface area (Å²) in [4.78, 5) is 38.5. The van der Waals surface area contributed by atoms with Gasteiger partial charge in [0.2, 0.25) is 0 Å². The molecule has 1 N–H and O–H groups in total. The first-order valence-corrected chi connectivity index (χ1v) is 8.47. The van der Waals surface area contributed by atoms with E-state index in [0.717, 1.165) is 6.29 Å². The molecule has 2 atom stereocenters. The fourth-order valence-electron chi connectivity index (χ4n) is 3.55. The minimum absolute atomic E-state index is 0.367. The Hall–Kier alpha value is -3.88. The van der Waals surface area contributed by atoms with Gasteiger partial charge in [-0.2, -0.15) is 0 Å². The topological polar surface area (TPSA) is 105 Å². The summed E-state index contributed by atoms with van der Waals surface area (Å²) >= 11 is 0. The van der Waals surface area contributed by atoms with Crippen LogP contribution >= 0.6 is 0 Å². The first-order chi connectivity index (χ1) is 13.3. The van der Waals surface area contributed by atoms with Crippen LogP contribution in [-0.2, 0) is 4.79 Å². The third kappa shape index (κ3) is 2.05. The molecule has 130 valence electrons. The Balaban J connectivity index is 1.88. The van der Waals surface area contributed by atoms with Gasteiger partial charge >= 0.3 is 0 Å². The summed E-state index contributed by atoms with van der Waals surface area (Å²) in [6.45, 7) is 0. The smallest absolute Gasteiger partial charge is 0.172 e. The molecule has 6 rings (SSSR count). The van der Waals surface area contributed by atoms with Crippen molar-refractivity contribution in [2.24, 2.45) is 25.0 Å². The van der Waals surface area contributed by atoms with Gasteiger partial charge in [-0.05, 0) is 48.6 Å². The average molecular weight is 356 g/mol. The second-order valence-corrected chi connectivity index (χ2v) is 6.34. The van der Waals surface area contributed by atoms with Gasteiger partial charge in [0.25, 0.3) is 0 Å². The first-order valence-electron chi connectivity index (χ1n) is 8.47. The van der Waals surface area contributed by atoms with Crippen LogP contribution in [0.3, 0.4) is 0 Å². The molecule has 9 nitrogen and oxygen atoms in total. The lowest BCUT2D eigenvalue weighted by Gasteiger charge is -2.17. The quantitative estimate of drug-likeness (QED) is 0.590. The van der Waals surface area contributed by atoms with Crippen molar-refractivity contribution in [1.82, 2.24) is 14.1 Å². The standard InChI is InChI=1S/C18H12N8O/c27-9-18-25-14-5-6-16(25)23-12-3-4-13(20-12)24-17-8-7-15(26(17)18)22-11-2-1-10(19-11)21-14/h1-10,18,20H. The lowest BCUT2D eigenvalue weighted by molar-refractivity contribution is -0.111. The molecule has 0 amide bonds. The summed E-state index contributed by atoms with van der Waals surface area (Å²) in [5.41, 5.74) is 2.42. The second-order valence-electron chi connectivity index (χ2n) is 6.34. The molecule has 0 saturated heterocycles. The largest absolute Gasteiger partial charge is 0.325 e. The number of aromatic nitrogens is 3. The van der Waals surface area contributed by atoms with Gasteiger partial charge in [0, 0.05) is 0 Å². The Morgan fingerprint density at radius 3 is 2.15 bits per heavy atom. The highest BCUT2D eigenvalue weighted by Gasteiger charge is 2.21. The molecule has 0 aliphatic carbocycles. The number of aromatic amines is 1. The molecular formula is C18H12N8O. The Kier molecular flexibility index (Phi) is 2.69. The zero-order chi connectivity index (χ0) is 18.0. The van der Waals surface area contributed by atoms with Gasteiger partial charge in [0.05, 0.1) is 0 Å². The molecule has 27 heavy (non-hydrogen) atoms. The van der Waals surface area contributed by atoms with Crippen molar-refractivity contribution in [3.63, 3.8) is 0 Å². The summed E-state index contributed by atoms with van der Waals surface area (Å²) in [5.74, 6) is 1.88. The number of hydrogen-bond acceptors (Lipinski definition) is 6. The summed E-state index contributed by atoms with van der Waals surface area (Å²) in [7, 11) is 0. The molecule has 3 aromatic rings. The van der Waals surface area contributed by atoms with Crippen LogP contribution in [0.2, 0.25) is 0 Å². The van der Waals surface area contributed by atoms with E-state index in [-0.39, 0.29) is 6.17 Å². The van der Waals surface area contributed by atoms with Crippen molar-refractivity contribution < 1.29 is 4.79 Å². The van der Waals surface area contributed by atoms with Gasteiger partial charge < -0.3 is 4.98 Å². The Labute approximate surface area is 151 Å². The van der Waals surface area contributed by atoms with Crippen LogP contribution in [0, 0.1) is 0 Å². The van der Waals surface area contributed by atoms with E-state index in [0.29, 0.717) is 39.4 Å². The Morgan fingerprint density at radius 1 is 0.815 bits per heavy atom. The lowest BCUT2D eigenvalue weighted by Crippen LogP contribution is -2.44. The number of carbonyl (C=O) groups is 1. The van der Waals surface area contributed by atoms with E-state index in [1.165, 1.54) is 0 Å². The molecule has 0 fully saturated rings. The van der Waals surface area contributed by atoms with E-state index in [1.807, 2.05) is 48.6 Å². The summed E-state index contributed by atoms with van der Waals surface area (Å²) in [6, 6.07) is 11.1. The summed E-state index contributed by atoms with van der Waals surface area (Å²) in [6.07, 6.45) is 3.47. The number of carbonyl (C=O) groups excluding carboxylic acids is 1. The molecule has 0 aromatic carbocycles. The Morgan fingerprint density at radius 2 is 1.44 bits per heavy atom. The molecule has 9 heteroatoms. The fraction of sp³-hybridized carbons (Fsp3) is 0.111. The molecule has 0 spiro atoms. The molecule has 0 radical (unpaired) electrons. The van der Waals surface area contributed by atoms with Crippen LogP contribution in [-0.4, -0.2) is 32.4 Å². The molecular weight excluding hydrogens is 344 g/mol. The molecule has 6 heterocycles. The molecule has 3 aliphatic heterocycles. The zero-order valence-electron chi connectivity index (χ0n) is 13.9. The number of aldehydes is 1. The number of H-pyrrole nitrogens is 1. The van der Waals surface area contributed by atoms with Crippen molar-refractivity contribution >= 4 is 23.8 Å². The van der Waals surface area contributed by atoms with E-state index in [1.54, 1.807) is 9.13 Å². The van der Waals surface area contributed by atoms with E-state index < -0.39 is 6.17 Å². The fourth-order valence-corrected chi connectivity index (χ4v) is 3.55. The molecule has 6 bridgehead atoms. The van der Waals surface area contributed by atoms with Crippen LogP contribution in [0.5, 0.6) is 0 Å². The van der Waals surface area contributed by atoms with Gasteiger partial charge in [-0.1, -0.05) is 0 Å². The Bertz CT molecular complexity index is 1410. The molecule has 2 unspecified atom stereocenters. The van der Waals surface area contributed by atoms with Crippen LogP contribution in [0.4, 0.5) is 11.6 Å².